The van der Waals surface area contributed by atoms with Crippen molar-refractivity contribution in [1.29, 1.82) is 0 Å². The lowest BCUT2D eigenvalue weighted by Gasteiger charge is -2.59. The summed E-state index contributed by atoms with van der Waals surface area (Å²) >= 11 is 0. The Morgan fingerprint density at radius 1 is 1.24 bits per heavy atom. The maximum Gasteiger partial charge on any atom is 0.573 e. The third-order valence-corrected chi connectivity index (χ3v) is 8.98. The standard InChI is InChI=1S/C28H29F3N2O4/c1-33(2)12-11-27-18-9-6-10-23(27)36-25-19(15-21(34)17(24(25)27)14-20(18)33)32-26(35)22(37-28(29,30)31)13-16-7-4-3-5-8-16/h3-5,7-8,13,15,18,20,23H,6,9-12,14H2,1-2H3,(H-,32,34,35)/p+1/t18-,20+,23-,27+/m0/s1. The molecule has 37 heavy (non-hydrogen) atoms. The average Bonchev–Trinajstić information content (AvgIpc) is 3.17. The number of quaternary nitrogens is 1. The van der Waals surface area contributed by atoms with Gasteiger partial charge in [-0.25, -0.2) is 0 Å². The highest BCUT2D eigenvalue weighted by Gasteiger charge is 2.66. The zero-order valence-electron chi connectivity index (χ0n) is 20.8. The van der Waals surface area contributed by atoms with Gasteiger partial charge in [-0.3, -0.25) is 4.79 Å². The van der Waals surface area contributed by atoms with Crippen LogP contribution in [-0.4, -0.2) is 54.6 Å². The molecule has 4 aliphatic rings. The highest BCUT2D eigenvalue weighted by atomic mass is 19.4. The van der Waals surface area contributed by atoms with E-state index in [0.717, 1.165) is 53.9 Å². The number of likely N-dealkylation sites (tertiary alicyclic amines) is 1. The zero-order valence-corrected chi connectivity index (χ0v) is 20.8. The second-order valence-corrected chi connectivity index (χ2v) is 11.3. The van der Waals surface area contributed by atoms with Crippen molar-refractivity contribution in [1.82, 2.24) is 0 Å². The zero-order chi connectivity index (χ0) is 26.2. The van der Waals surface area contributed by atoms with Crippen LogP contribution in [0, 0.1) is 5.92 Å². The number of benzene rings is 2. The van der Waals surface area contributed by atoms with Gasteiger partial charge in [0.2, 0.25) is 0 Å². The number of aromatic hydroxyl groups is 1. The van der Waals surface area contributed by atoms with Gasteiger partial charge in [0, 0.05) is 36.0 Å². The molecular formula is C28H30F3N2O4+. The molecule has 9 heteroatoms. The smallest absolute Gasteiger partial charge is 0.508 e. The predicted octanol–water partition coefficient (Wildman–Crippen LogP) is 5.11. The van der Waals surface area contributed by atoms with E-state index in [9.17, 15) is 23.1 Å². The molecule has 0 radical (unpaired) electrons. The fourth-order valence-electron chi connectivity index (χ4n) is 7.42. The minimum Gasteiger partial charge on any atom is -0.508 e. The van der Waals surface area contributed by atoms with Crippen molar-refractivity contribution in [3.8, 4) is 11.5 Å². The van der Waals surface area contributed by atoms with Crippen molar-refractivity contribution in [3.63, 3.8) is 0 Å². The van der Waals surface area contributed by atoms with Crippen molar-refractivity contribution >= 4 is 17.7 Å². The molecule has 2 heterocycles. The molecule has 6 rings (SSSR count). The first-order valence-corrected chi connectivity index (χ1v) is 12.7. The number of hydrogen-bond donors (Lipinski definition) is 2. The van der Waals surface area contributed by atoms with Crippen molar-refractivity contribution in [2.75, 3.05) is 26.0 Å². The molecule has 1 saturated heterocycles. The monoisotopic (exact) mass is 515 g/mol. The van der Waals surface area contributed by atoms with Crippen molar-refractivity contribution in [2.24, 2.45) is 5.92 Å². The van der Waals surface area contributed by atoms with E-state index in [1.54, 1.807) is 30.3 Å². The number of phenolic OH excluding ortho intramolecular Hbond substituents is 1. The molecule has 196 valence electrons. The average molecular weight is 516 g/mol. The summed E-state index contributed by atoms with van der Waals surface area (Å²) in [5.41, 5.74) is 2.09. The van der Waals surface area contributed by atoms with Crippen LogP contribution in [0.5, 0.6) is 11.5 Å². The topological polar surface area (TPSA) is 67.8 Å². The first-order valence-electron chi connectivity index (χ1n) is 12.7. The molecule has 2 aliphatic heterocycles. The van der Waals surface area contributed by atoms with Crippen molar-refractivity contribution < 1.29 is 37.0 Å². The van der Waals surface area contributed by atoms with Gasteiger partial charge >= 0.3 is 6.36 Å². The summed E-state index contributed by atoms with van der Waals surface area (Å²) in [4.78, 5) is 13.1. The number of hydrogen-bond acceptors (Lipinski definition) is 4. The van der Waals surface area contributed by atoms with Crippen molar-refractivity contribution in [2.45, 2.75) is 56.0 Å². The molecule has 1 saturated carbocycles. The molecule has 2 bridgehead atoms. The molecule has 2 aliphatic carbocycles. The second-order valence-electron chi connectivity index (χ2n) is 11.3. The van der Waals surface area contributed by atoms with Gasteiger partial charge in [0.15, 0.2) is 5.76 Å². The molecule has 2 aromatic rings. The number of alkyl halides is 3. The summed E-state index contributed by atoms with van der Waals surface area (Å²) in [5, 5.41) is 13.7. The molecule has 1 amide bonds. The normalized spacial score (nSPS) is 29.2. The Bertz CT molecular complexity index is 1290. The summed E-state index contributed by atoms with van der Waals surface area (Å²) in [6, 6.07) is 9.93. The number of carbonyl (C=O) groups is 1. The third-order valence-electron chi connectivity index (χ3n) is 8.98. The minimum atomic E-state index is -5.05. The van der Waals surface area contributed by atoms with Crippen LogP contribution >= 0.6 is 0 Å². The largest absolute Gasteiger partial charge is 0.573 e. The van der Waals surface area contributed by atoms with Crippen LogP contribution in [0.2, 0.25) is 0 Å². The molecule has 0 unspecified atom stereocenters. The Kier molecular flexibility index (Phi) is 5.32. The number of piperidine rings is 1. The first kappa shape index (κ1) is 24.2. The van der Waals surface area contributed by atoms with E-state index in [2.05, 4.69) is 24.1 Å². The van der Waals surface area contributed by atoms with Crippen LogP contribution < -0.4 is 10.1 Å². The maximum absolute atomic E-state index is 13.2. The van der Waals surface area contributed by atoms with Gasteiger partial charge in [0.05, 0.1) is 37.8 Å². The Morgan fingerprint density at radius 2 is 2.00 bits per heavy atom. The molecule has 4 atom stereocenters. The quantitative estimate of drug-likeness (QED) is 0.337. The van der Waals surface area contributed by atoms with Crippen LogP contribution in [0.15, 0.2) is 42.2 Å². The number of phenols is 1. The molecule has 0 aromatic heterocycles. The van der Waals surface area contributed by atoms with E-state index < -0.39 is 18.0 Å². The Balaban J connectivity index is 1.42. The van der Waals surface area contributed by atoms with Gasteiger partial charge in [-0.15, -0.1) is 13.2 Å². The Labute approximate surface area is 213 Å². The highest BCUT2D eigenvalue weighted by molar-refractivity contribution is 6.06. The van der Waals surface area contributed by atoms with E-state index in [1.807, 2.05) is 0 Å². The number of nitrogens with zero attached hydrogens (tertiary/aromatic N) is 1. The van der Waals surface area contributed by atoms with E-state index in [4.69, 9.17) is 4.74 Å². The van der Waals surface area contributed by atoms with E-state index in [0.29, 0.717) is 29.7 Å². The number of halogens is 3. The van der Waals surface area contributed by atoms with Gasteiger partial charge in [0.1, 0.15) is 17.6 Å². The summed E-state index contributed by atoms with van der Waals surface area (Å²) in [5.74, 6) is -1.06. The molecule has 2 aromatic carbocycles. The van der Waals surface area contributed by atoms with Gasteiger partial charge in [-0.1, -0.05) is 30.3 Å². The number of rotatable bonds is 4. The highest BCUT2D eigenvalue weighted by Crippen LogP contribution is 2.65. The van der Waals surface area contributed by atoms with E-state index >= 15 is 0 Å². The lowest BCUT2D eigenvalue weighted by molar-refractivity contribution is -0.927. The van der Waals surface area contributed by atoms with Crippen LogP contribution in [-0.2, 0) is 21.4 Å². The number of carbonyl (C=O) groups excluding carboxylic acids is 1. The number of amides is 1. The molecular weight excluding hydrogens is 485 g/mol. The second kappa shape index (κ2) is 8.15. The first-order chi connectivity index (χ1) is 17.5. The summed E-state index contributed by atoms with van der Waals surface area (Å²) in [6.07, 6.45) is 0.502. The molecule has 6 nitrogen and oxygen atoms in total. The summed E-state index contributed by atoms with van der Waals surface area (Å²) in [7, 11) is 4.49. The van der Waals surface area contributed by atoms with Crippen LogP contribution in [0.4, 0.5) is 18.9 Å². The number of anilines is 1. The predicted molar refractivity (Wildman–Crippen MR) is 131 cm³/mol. The lowest BCUT2D eigenvalue weighted by atomic mass is 9.51. The minimum absolute atomic E-state index is 0.0407. The van der Waals surface area contributed by atoms with Gasteiger partial charge < -0.3 is 24.4 Å². The fraction of sp³-hybridized carbons (Fsp3) is 0.464. The van der Waals surface area contributed by atoms with E-state index in [1.165, 1.54) is 6.07 Å². The van der Waals surface area contributed by atoms with Gasteiger partial charge in [0.25, 0.3) is 5.91 Å². The number of ether oxygens (including phenoxy) is 2. The number of likely N-dealkylation sites (N-methyl/N-ethyl adjacent to an activating group) is 1. The molecule has 1 spiro atoms. The lowest BCUT2D eigenvalue weighted by Crippen LogP contribution is -2.69. The van der Waals surface area contributed by atoms with Crippen LogP contribution in [0.3, 0.4) is 0 Å². The van der Waals surface area contributed by atoms with Gasteiger partial charge in [-0.05, 0) is 30.9 Å². The van der Waals surface area contributed by atoms with Gasteiger partial charge in [-0.2, -0.15) is 0 Å². The van der Waals surface area contributed by atoms with Crippen molar-refractivity contribution in [3.05, 3.63) is 58.8 Å². The van der Waals surface area contributed by atoms with Crippen LogP contribution in [0.1, 0.15) is 42.4 Å². The maximum atomic E-state index is 13.2. The Morgan fingerprint density at radius 3 is 2.73 bits per heavy atom. The SMILES string of the molecule is C[N+]1(C)CC[C@]23c4c5c(O)cc(NC(=O)C(=Cc6ccccc6)OC(F)(F)F)c4O[C@H]2CCC[C@H]3[C@H]1C5. The molecule has 2 fully saturated rings. The summed E-state index contributed by atoms with van der Waals surface area (Å²) in [6.45, 7) is 0.973. The van der Waals surface area contributed by atoms with E-state index in [-0.39, 0.29) is 23.0 Å². The fourth-order valence-corrected chi connectivity index (χ4v) is 7.42. The number of nitrogens with one attached hydrogen (secondary N) is 1. The summed E-state index contributed by atoms with van der Waals surface area (Å²) < 4.78 is 51.1. The molecule has 2 N–H and O–H groups in total. The Hall–Kier alpha value is -3.20. The third kappa shape index (κ3) is 3.77. The van der Waals surface area contributed by atoms with Crippen LogP contribution in [0.25, 0.3) is 6.08 Å².